The first-order chi connectivity index (χ1) is 17.0. The van der Waals surface area contributed by atoms with Gasteiger partial charge in [0.15, 0.2) is 5.13 Å². The molecule has 1 aliphatic heterocycles. The molecule has 2 aromatic carbocycles. The molecule has 11 heteroatoms. The van der Waals surface area contributed by atoms with Gasteiger partial charge >= 0.3 is 5.97 Å². The Kier molecular flexibility index (Phi) is 9.00. The number of benzene rings is 2. The second-order valence-corrected chi connectivity index (χ2v) is 9.47. The maximum absolute atomic E-state index is 11.7. The van der Waals surface area contributed by atoms with Crippen LogP contribution in [0.15, 0.2) is 42.5 Å². The molecule has 0 radical (unpaired) electrons. The molecule has 35 heavy (non-hydrogen) atoms. The number of aliphatic hydroxyl groups is 1. The van der Waals surface area contributed by atoms with Gasteiger partial charge in [-0.3, -0.25) is 9.69 Å². The highest BCUT2D eigenvalue weighted by Crippen LogP contribution is 2.30. The van der Waals surface area contributed by atoms with Crippen molar-refractivity contribution in [3.8, 4) is 0 Å². The van der Waals surface area contributed by atoms with Crippen molar-refractivity contribution in [2.24, 2.45) is 0 Å². The highest BCUT2D eigenvalue weighted by atomic mass is 35.5. The number of fused-ring (bicyclic) bond motifs is 1. The Morgan fingerprint density at radius 3 is 2.80 bits per heavy atom. The average Bonchev–Trinajstić information content (AvgIpc) is 3.27. The Labute approximate surface area is 213 Å². The SMILES string of the molecule is CCOC(=O)CNc1nc2ccc(N(CCN3CCOCC3)C(O)Nc3ccc(Cl)cc3)cc2s1. The first-order valence-electron chi connectivity index (χ1n) is 11.6. The molecule has 188 valence electrons. The van der Waals surface area contributed by atoms with E-state index in [-0.39, 0.29) is 12.5 Å². The zero-order valence-corrected chi connectivity index (χ0v) is 21.1. The number of morpholine rings is 1. The number of esters is 1. The second-order valence-electron chi connectivity index (χ2n) is 8.00. The lowest BCUT2D eigenvalue weighted by atomic mass is 10.2. The number of halogens is 1. The Hall–Kier alpha value is -2.63. The fraction of sp³-hybridized carbons (Fsp3) is 0.417. The maximum Gasteiger partial charge on any atom is 0.325 e. The lowest BCUT2D eigenvalue weighted by Gasteiger charge is -2.34. The van der Waals surface area contributed by atoms with E-state index in [0.717, 1.165) is 54.4 Å². The molecule has 1 aromatic heterocycles. The van der Waals surface area contributed by atoms with Gasteiger partial charge in [-0.25, -0.2) is 4.98 Å². The molecule has 3 N–H and O–H groups in total. The van der Waals surface area contributed by atoms with Crippen LogP contribution in [0.2, 0.25) is 5.02 Å². The molecule has 0 aliphatic carbocycles. The smallest absolute Gasteiger partial charge is 0.325 e. The van der Waals surface area contributed by atoms with Crippen molar-refractivity contribution < 1.29 is 19.4 Å². The summed E-state index contributed by atoms with van der Waals surface area (Å²) >= 11 is 7.46. The van der Waals surface area contributed by atoms with Crippen LogP contribution in [0.4, 0.5) is 16.5 Å². The zero-order valence-electron chi connectivity index (χ0n) is 19.6. The largest absolute Gasteiger partial charge is 0.465 e. The number of anilines is 3. The minimum absolute atomic E-state index is 0.0654. The first kappa shape index (κ1) is 25.5. The molecule has 9 nitrogen and oxygen atoms in total. The maximum atomic E-state index is 11.7. The standard InChI is InChI=1S/C24H30ClN5O4S/c1-2-34-22(31)16-26-23-28-20-8-7-19(15-21(20)35-23)30(10-9-29-11-13-33-14-12-29)24(32)27-18-5-3-17(25)4-6-18/h3-8,15,24,27,32H,2,9-14,16H2,1H3,(H,26,28). The van der Waals surface area contributed by atoms with E-state index in [9.17, 15) is 9.90 Å². The Morgan fingerprint density at radius 2 is 2.06 bits per heavy atom. The van der Waals surface area contributed by atoms with Crippen LogP contribution >= 0.6 is 22.9 Å². The van der Waals surface area contributed by atoms with Gasteiger partial charge in [0.1, 0.15) is 6.54 Å². The van der Waals surface area contributed by atoms with Gasteiger partial charge in [-0.15, -0.1) is 0 Å². The van der Waals surface area contributed by atoms with Crippen LogP contribution in [-0.2, 0) is 14.3 Å². The summed E-state index contributed by atoms with van der Waals surface area (Å²) in [5.41, 5.74) is 2.45. The predicted molar refractivity (Wildman–Crippen MR) is 140 cm³/mol. The molecule has 1 aliphatic rings. The summed E-state index contributed by atoms with van der Waals surface area (Å²) in [7, 11) is 0. The first-order valence-corrected chi connectivity index (χ1v) is 12.8. The van der Waals surface area contributed by atoms with Crippen LogP contribution in [0.1, 0.15) is 6.92 Å². The third-order valence-electron chi connectivity index (χ3n) is 5.59. The zero-order chi connectivity index (χ0) is 24.6. The molecule has 3 aromatic rings. The van der Waals surface area contributed by atoms with Gasteiger partial charge in [-0.05, 0) is 49.4 Å². The summed E-state index contributed by atoms with van der Waals surface area (Å²) < 4.78 is 11.4. The van der Waals surface area contributed by atoms with Crippen LogP contribution < -0.4 is 15.5 Å². The van der Waals surface area contributed by atoms with Crippen molar-refractivity contribution in [2.75, 3.05) is 68.1 Å². The molecule has 1 fully saturated rings. The number of carbonyl (C=O) groups excluding carboxylic acids is 1. The summed E-state index contributed by atoms with van der Waals surface area (Å²) in [6.45, 7) is 6.77. The number of aliphatic hydroxyl groups excluding tert-OH is 1. The molecule has 0 amide bonds. The highest BCUT2D eigenvalue weighted by Gasteiger charge is 2.20. The topological polar surface area (TPSA) is 99.2 Å². The molecule has 1 atom stereocenters. The van der Waals surface area contributed by atoms with Crippen LogP contribution in [0, 0.1) is 0 Å². The van der Waals surface area contributed by atoms with E-state index in [1.807, 2.05) is 35.2 Å². The number of rotatable bonds is 11. The summed E-state index contributed by atoms with van der Waals surface area (Å²) in [6.07, 6.45) is -0.955. The van der Waals surface area contributed by atoms with Gasteiger partial charge < -0.3 is 30.1 Å². The second kappa shape index (κ2) is 12.4. The van der Waals surface area contributed by atoms with Crippen LogP contribution in [0.3, 0.4) is 0 Å². The van der Waals surface area contributed by atoms with Crippen molar-refractivity contribution in [2.45, 2.75) is 13.3 Å². The number of nitrogens with zero attached hydrogens (tertiary/aromatic N) is 3. The Balaban J connectivity index is 1.51. The summed E-state index contributed by atoms with van der Waals surface area (Å²) in [5.74, 6) is -0.321. The quantitative estimate of drug-likeness (QED) is 0.260. The van der Waals surface area contributed by atoms with Crippen molar-refractivity contribution in [1.82, 2.24) is 9.88 Å². The summed E-state index contributed by atoms with van der Waals surface area (Å²) in [5, 5.41) is 18.6. The molecule has 1 unspecified atom stereocenters. The Morgan fingerprint density at radius 1 is 1.29 bits per heavy atom. The lowest BCUT2D eigenvalue weighted by Crippen LogP contribution is -2.47. The fourth-order valence-electron chi connectivity index (χ4n) is 3.77. The number of hydrogen-bond donors (Lipinski definition) is 3. The van der Waals surface area contributed by atoms with E-state index >= 15 is 0 Å². The van der Waals surface area contributed by atoms with Crippen LogP contribution in [0.25, 0.3) is 10.2 Å². The van der Waals surface area contributed by atoms with Gasteiger partial charge in [0.25, 0.3) is 0 Å². The van der Waals surface area contributed by atoms with E-state index in [4.69, 9.17) is 21.1 Å². The van der Waals surface area contributed by atoms with Gasteiger partial charge in [0.05, 0.1) is 30.0 Å². The molecule has 2 heterocycles. The van der Waals surface area contributed by atoms with Crippen molar-refractivity contribution >= 4 is 55.6 Å². The van der Waals surface area contributed by atoms with E-state index in [0.29, 0.717) is 23.3 Å². The molecule has 1 saturated heterocycles. The average molecular weight is 520 g/mol. The van der Waals surface area contributed by atoms with Crippen molar-refractivity contribution in [3.63, 3.8) is 0 Å². The van der Waals surface area contributed by atoms with E-state index < -0.39 is 6.35 Å². The molecule has 0 saturated carbocycles. The van der Waals surface area contributed by atoms with Crippen LogP contribution in [0.5, 0.6) is 0 Å². The highest BCUT2D eigenvalue weighted by molar-refractivity contribution is 7.22. The fourth-order valence-corrected chi connectivity index (χ4v) is 4.79. The van der Waals surface area contributed by atoms with E-state index in [1.54, 1.807) is 19.1 Å². The van der Waals surface area contributed by atoms with Crippen molar-refractivity contribution in [1.29, 1.82) is 0 Å². The van der Waals surface area contributed by atoms with Crippen molar-refractivity contribution in [3.05, 3.63) is 47.5 Å². The van der Waals surface area contributed by atoms with Gasteiger partial charge in [0.2, 0.25) is 6.35 Å². The monoisotopic (exact) mass is 519 g/mol. The number of nitrogens with one attached hydrogen (secondary N) is 2. The number of carbonyl (C=O) groups is 1. The molecular weight excluding hydrogens is 490 g/mol. The minimum Gasteiger partial charge on any atom is -0.465 e. The minimum atomic E-state index is -0.955. The normalized spacial score (nSPS) is 15.1. The predicted octanol–water partition coefficient (Wildman–Crippen LogP) is 3.45. The van der Waals surface area contributed by atoms with E-state index in [2.05, 4.69) is 20.5 Å². The Bertz CT molecular complexity index is 1110. The number of aromatic nitrogens is 1. The number of ether oxygens (including phenoxy) is 2. The summed E-state index contributed by atoms with van der Waals surface area (Å²) in [6, 6.07) is 13.1. The molecular formula is C24H30ClN5O4S. The molecule has 0 spiro atoms. The molecule has 0 bridgehead atoms. The summed E-state index contributed by atoms with van der Waals surface area (Å²) in [4.78, 5) is 20.5. The van der Waals surface area contributed by atoms with Gasteiger partial charge in [-0.2, -0.15) is 0 Å². The third-order valence-corrected chi connectivity index (χ3v) is 6.82. The number of thiazole rings is 1. The van der Waals surface area contributed by atoms with Gasteiger partial charge in [-0.1, -0.05) is 22.9 Å². The third kappa shape index (κ3) is 7.18. The molecule has 4 rings (SSSR count). The van der Waals surface area contributed by atoms with E-state index in [1.165, 1.54) is 11.3 Å². The lowest BCUT2D eigenvalue weighted by molar-refractivity contribution is -0.140. The number of hydrogen-bond acceptors (Lipinski definition) is 10. The van der Waals surface area contributed by atoms with Gasteiger partial charge in [0, 0.05) is 42.6 Å². The van der Waals surface area contributed by atoms with Crippen LogP contribution in [-0.4, -0.2) is 79.9 Å².